The summed E-state index contributed by atoms with van der Waals surface area (Å²) in [5.74, 6) is 0.848. The molecule has 0 rings (SSSR count). The fraction of sp³-hybridized carbons (Fsp3) is 1.00. The van der Waals surface area contributed by atoms with E-state index < -0.39 is 0 Å². The maximum Gasteiger partial charge on any atom is 0.0780 e. The lowest BCUT2D eigenvalue weighted by molar-refractivity contribution is -0.0459. The molecule has 0 heterocycles. The first kappa shape index (κ1) is 19.9. The van der Waals surface area contributed by atoms with Gasteiger partial charge in [-0.15, -0.1) is 0 Å². The minimum atomic E-state index is -0.0908. The van der Waals surface area contributed by atoms with E-state index in [0.717, 1.165) is 18.9 Å². The Labute approximate surface area is 126 Å². The van der Waals surface area contributed by atoms with Crippen molar-refractivity contribution in [1.29, 1.82) is 0 Å². The van der Waals surface area contributed by atoms with Crippen LogP contribution in [0.5, 0.6) is 0 Å². The summed E-state index contributed by atoms with van der Waals surface area (Å²) in [6, 6.07) is 0. The molecule has 0 aromatic heterocycles. The summed E-state index contributed by atoms with van der Waals surface area (Å²) in [6.07, 6.45) is 9.25. The molecule has 0 amide bonds. The number of ether oxygens (including phenoxy) is 2. The standard InChI is InChI=1S/C17H36O3/c1-15(2)11-9-7-5-6-8-10-12-19-17(4)14-20-16(3)13-18/h15-18H,5-14H2,1-4H3. The van der Waals surface area contributed by atoms with Gasteiger partial charge in [-0.25, -0.2) is 0 Å². The summed E-state index contributed by atoms with van der Waals surface area (Å²) >= 11 is 0. The van der Waals surface area contributed by atoms with Crippen LogP contribution in [0.3, 0.4) is 0 Å². The fourth-order valence-corrected chi connectivity index (χ4v) is 2.05. The number of hydrogen-bond donors (Lipinski definition) is 1. The molecule has 3 nitrogen and oxygen atoms in total. The maximum atomic E-state index is 8.85. The van der Waals surface area contributed by atoms with Crippen LogP contribution in [-0.4, -0.2) is 37.1 Å². The molecule has 0 aliphatic rings. The van der Waals surface area contributed by atoms with Gasteiger partial charge in [-0.3, -0.25) is 0 Å². The van der Waals surface area contributed by atoms with Crippen molar-refractivity contribution in [3.8, 4) is 0 Å². The van der Waals surface area contributed by atoms with Crippen molar-refractivity contribution in [3.63, 3.8) is 0 Å². The second-order valence-corrected chi connectivity index (χ2v) is 6.31. The van der Waals surface area contributed by atoms with Gasteiger partial charge in [0, 0.05) is 6.61 Å². The van der Waals surface area contributed by atoms with Crippen molar-refractivity contribution in [2.75, 3.05) is 19.8 Å². The summed E-state index contributed by atoms with van der Waals surface area (Å²) in [5.41, 5.74) is 0. The molecule has 0 fully saturated rings. The second-order valence-electron chi connectivity index (χ2n) is 6.31. The third-order valence-electron chi connectivity index (χ3n) is 3.45. The lowest BCUT2D eigenvalue weighted by Gasteiger charge is -2.16. The minimum Gasteiger partial charge on any atom is -0.394 e. The quantitative estimate of drug-likeness (QED) is 0.487. The summed E-state index contributed by atoms with van der Waals surface area (Å²) in [5, 5.41) is 8.85. The first-order valence-corrected chi connectivity index (χ1v) is 8.40. The van der Waals surface area contributed by atoms with Crippen LogP contribution in [0, 0.1) is 5.92 Å². The van der Waals surface area contributed by atoms with Crippen LogP contribution < -0.4 is 0 Å². The third-order valence-corrected chi connectivity index (χ3v) is 3.45. The van der Waals surface area contributed by atoms with Crippen molar-refractivity contribution in [2.24, 2.45) is 5.92 Å². The smallest absolute Gasteiger partial charge is 0.0780 e. The van der Waals surface area contributed by atoms with Crippen LogP contribution in [0.1, 0.15) is 72.6 Å². The molecular weight excluding hydrogens is 252 g/mol. The molecule has 0 saturated carbocycles. The number of aliphatic hydroxyl groups excluding tert-OH is 1. The van der Waals surface area contributed by atoms with Gasteiger partial charge in [0.05, 0.1) is 25.4 Å². The molecule has 0 spiro atoms. The van der Waals surface area contributed by atoms with Crippen molar-refractivity contribution in [2.45, 2.75) is 84.8 Å². The summed E-state index contributed by atoms with van der Waals surface area (Å²) in [7, 11) is 0. The Hall–Kier alpha value is -0.120. The molecule has 0 aliphatic carbocycles. The Bertz CT molecular complexity index is 195. The molecule has 0 radical (unpaired) electrons. The highest BCUT2D eigenvalue weighted by molar-refractivity contribution is 4.52. The highest BCUT2D eigenvalue weighted by Crippen LogP contribution is 2.11. The molecule has 2 atom stereocenters. The van der Waals surface area contributed by atoms with Gasteiger partial charge in [-0.1, -0.05) is 52.4 Å². The zero-order valence-corrected chi connectivity index (χ0v) is 14.1. The highest BCUT2D eigenvalue weighted by Gasteiger charge is 2.05. The highest BCUT2D eigenvalue weighted by atomic mass is 16.5. The van der Waals surface area contributed by atoms with E-state index in [1.54, 1.807) is 0 Å². The molecule has 0 bridgehead atoms. The van der Waals surface area contributed by atoms with Gasteiger partial charge < -0.3 is 14.6 Å². The fourth-order valence-electron chi connectivity index (χ4n) is 2.05. The molecule has 20 heavy (non-hydrogen) atoms. The predicted octanol–water partition coefficient (Wildman–Crippen LogP) is 4.18. The Balaban J connectivity index is 3.19. The van der Waals surface area contributed by atoms with Crippen LogP contribution in [0.2, 0.25) is 0 Å². The Morgan fingerprint density at radius 2 is 1.35 bits per heavy atom. The van der Waals surface area contributed by atoms with Crippen molar-refractivity contribution in [1.82, 2.24) is 0 Å². The lowest BCUT2D eigenvalue weighted by Crippen LogP contribution is -2.22. The summed E-state index contributed by atoms with van der Waals surface area (Å²) < 4.78 is 11.1. The van der Waals surface area contributed by atoms with E-state index >= 15 is 0 Å². The second kappa shape index (κ2) is 13.8. The van der Waals surface area contributed by atoms with E-state index in [1.165, 1.54) is 38.5 Å². The zero-order chi connectivity index (χ0) is 15.2. The third kappa shape index (κ3) is 14.3. The van der Waals surface area contributed by atoms with Gasteiger partial charge in [0.2, 0.25) is 0 Å². The lowest BCUT2D eigenvalue weighted by atomic mass is 10.0. The maximum absolute atomic E-state index is 8.85. The van der Waals surface area contributed by atoms with Crippen LogP contribution in [0.4, 0.5) is 0 Å². The number of unbranched alkanes of at least 4 members (excludes halogenated alkanes) is 5. The molecule has 3 heteroatoms. The van der Waals surface area contributed by atoms with Gasteiger partial charge in [0.15, 0.2) is 0 Å². The van der Waals surface area contributed by atoms with Gasteiger partial charge in [0.1, 0.15) is 0 Å². The predicted molar refractivity (Wildman–Crippen MR) is 85.1 cm³/mol. The molecule has 0 saturated heterocycles. The van der Waals surface area contributed by atoms with Gasteiger partial charge >= 0.3 is 0 Å². The first-order chi connectivity index (χ1) is 9.56. The minimum absolute atomic E-state index is 0.0729. The van der Waals surface area contributed by atoms with Gasteiger partial charge in [-0.2, -0.15) is 0 Å². The molecular formula is C17H36O3. The number of aliphatic hydroxyl groups is 1. The van der Waals surface area contributed by atoms with Crippen LogP contribution in [0.15, 0.2) is 0 Å². The summed E-state index contributed by atoms with van der Waals surface area (Å²) in [6.45, 7) is 9.94. The van der Waals surface area contributed by atoms with Gasteiger partial charge in [-0.05, 0) is 26.2 Å². The first-order valence-electron chi connectivity index (χ1n) is 8.40. The Kier molecular flexibility index (Phi) is 13.8. The molecule has 0 aromatic rings. The van der Waals surface area contributed by atoms with E-state index in [1.807, 2.05) is 13.8 Å². The van der Waals surface area contributed by atoms with Crippen molar-refractivity contribution >= 4 is 0 Å². The monoisotopic (exact) mass is 288 g/mol. The van der Waals surface area contributed by atoms with E-state index in [4.69, 9.17) is 14.6 Å². The molecule has 0 aliphatic heterocycles. The molecule has 1 N–H and O–H groups in total. The average Bonchev–Trinajstić information content (AvgIpc) is 2.42. The SMILES string of the molecule is CC(C)CCCCCCCCOC(C)COC(C)CO. The van der Waals surface area contributed by atoms with Gasteiger partial charge in [0.25, 0.3) is 0 Å². The molecule has 2 unspecified atom stereocenters. The average molecular weight is 288 g/mol. The summed E-state index contributed by atoms with van der Waals surface area (Å²) in [4.78, 5) is 0. The normalized spacial score (nSPS) is 14.7. The number of rotatable bonds is 14. The van der Waals surface area contributed by atoms with E-state index in [-0.39, 0.29) is 18.8 Å². The zero-order valence-electron chi connectivity index (χ0n) is 14.1. The van der Waals surface area contributed by atoms with Crippen molar-refractivity contribution in [3.05, 3.63) is 0 Å². The van der Waals surface area contributed by atoms with Crippen LogP contribution in [-0.2, 0) is 9.47 Å². The Morgan fingerprint density at radius 3 is 1.95 bits per heavy atom. The van der Waals surface area contributed by atoms with E-state index in [9.17, 15) is 0 Å². The van der Waals surface area contributed by atoms with E-state index in [2.05, 4.69) is 13.8 Å². The molecule has 0 aromatic carbocycles. The Morgan fingerprint density at radius 1 is 0.750 bits per heavy atom. The van der Waals surface area contributed by atoms with Crippen LogP contribution >= 0.6 is 0 Å². The van der Waals surface area contributed by atoms with Crippen molar-refractivity contribution < 1.29 is 14.6 Å². The number of hydrogen-bond acceptors (Lipinski definition) is 3. The largest absolute Gasteiger partial charge is 0.394 e. The van der Waals surface area contributed by atoms with E-state index in [0.29, 0.717) is 6.61 Å². The topological polar surface area (TPSA) is 38.7 Å². The molecule has 122 valence electrons. The van der Waals surface area contributed by atoms with Crippen LogP contribution in [0.25, 0.3) is 0 Å².